The zero-order valence-electron chi connectivity index (χ0n) is 5.88. The minimum atomic E-state index is -0.0108. The highest BCUT2D eigenvalue weighted by molar-refractivity contribution is 8.39. The molecular weight excluding hydrogens is 202 g/mol. The maximum absolute atomic E-state index is 10.6. The van der Waals surface area contributed by atoms with Gasteiger partial charge in [-0.3, -0.25) is 4.79 Å². The van der Waals surface area contributed by atoms with E-state index >= 15 is 0 Å². The Morgan fingerprint density at radius 3 is 3.09 bits per heavy atom. The average molecular weight is 210 g/mol. The van der Waals surface area contributed by atoms with Crippen LogP contribution in [0.3, 0.4) is 0 Å². The normalized spacial score (nSPS) is 17.2. The number of hydrogen-bond acceptors (Lipinski definition) is 3. The minimum Gasteiger partial charge on any atom is -0.272 e. The van der Waals surface area contributed by atoms with Crippen LogP contribution >= 0.6 is 35.1 Å². The van der Waals surface area contributed by atoms with E-state index in [1.54, 1.807) is 11.8 Å². The molecule has 1 heterocycles. The van der Waals surface area contributed by atoms with Gasteiger partial charge in [-0.1, -0.05) is 23.5 Å². The standard InChI is InChI=1S/C6H8ClNOS2/c7-2-1-3-10-6-8-5(9)4-11-6/h1-4H2. The van der Waals surface area contributed by atoms with Crippen molar-refractivity contribution in [2.45, 2.75) is 6.42 Å². The zero-order chi connectivity index (χ0) is 8.10. The largest absolute Gasteiger partial charge is 0.272 e. The van der Waals surface area contributed by atoms with E-state index in [9.17, 15) is 4.79 Å². The van der Waals surface area contributed by atoms with Crippen molar-refractivity contribution in [3.63, 3.8) is 0 Å². The lowest BCUT2D eigenvalue weighted by atomic mass is 10.6. The van der Waals surface area contributed by atoms with Crippen LogP contribution in [0.15, 0.2) is 4.99 Å². The van der Waals surface area contributed by atoms with Gasteiger partial charge in [-0.05, 0) is 6.42 Å². The highest BCUT2D eigenvalue weighted by atomic mass is 35.5. The van der Waals surface area contributed by atoms with E-state index in [0.717, 1.165) is 16.5 Å². The highest BCUT2D eigenvalue weighted by Crippen LogP contribution is 2.23. The summed E-state index contributed by atoms with van der Waals surface area (Å²) >= 11 is 8.63. The lowest BCUT2D eigenvalue weighted by Gasteiger charge is -1.94. The first kappa shape index (κ1) is 9.42. The molecule has 5 heteroatoms. The van der Waals surface area contributed by atoms with Crippen molar-refractivity contribution in [3.05, 3.63) is 0 Å². The number of hydrogen-bond donors (Lipinski definition) is 0. The predicted octanol–water partition coefficient (Wildman–Crippen LogP) is 1.98. The molecule has 0 spiro atoms. The number of amides is 1. The minimum absolute atomic E-state index is 0.0108. The SMILES string of the molecule is O=C1CSC(SCCCCl)=N1. The number of nitrogens with zero attached hydrogens (tertiary/aromatic N) is 1. The van der Waals surface area contributed by atoms with Gasteiger partial charge in [0, 0.05) is 11.6 Å². The van der Waals surface area contributed by atoms with Crippen LogP contribution in [0.1, 0.15) is 6.42 Å². The van der Waals surface area contributed by atoms with E-state index in [0.29, 0.717) is 11.6 Å². The second-order valence-electron chi connectivity index (χ2n) is 1.95. The molecule has 0 unspecified atom stereocenters. The van der Waals surface area contributed by atoms with Crippen molar-refractivity contribution in [1.82, 2.24) is 0 Å². The van der Waals surface area contributed by atoms with Crippen molar-refractivity contribution < 1.29 is 4.79 Å². The highest BCUT2D eigenvalue weighted by Gasteiger charge is 2.14. The van der Waals surface area contributed by atoms with Crippen LogP contribution in [0.25, 0.3) is 0 Å². The van der Waals surface area contributed by atoms with Crippen molar-refractivity contribution in [2.24, 2.45) is 4.99 Å². The Kier molecular flexibility index (Phi) is 4.33. The van der Waals surface area contributed by atoms with Gasteiger partial charge in [0.1, 0.15) is 4.38 Å². The summed E-state index contributed by atoms with van der Waals surface area (Å²) < 4.78 is 0.903. The summed E-state index contributed by atoms with van der Waals surface area (Å²) in [5.41, 5.74) is 0. The molecule has 1 amide bonds. The van der Waals surface area contributed by atoms with Gasteiger partial charge >= 0.3 is 0 Å². The lowest BCUT2D eigenvalue weighted by molar-refractivity contribution is -0.115. The Morgan fingerprint density at radius 1 is 1.73 bits per heavy atom. The summed E-state index contributed by atoms with van der Waals surface area (Å²) in [6.07, 6.45) is 0.972. The number of halogens is 1. The number of carbonyl (C=O) groups is 1. The third kappa shape index (κ3) is 3.49. The third-order valence-electron chi connectivity index (χ3n) is 1.04. The molecule has 1 rings (SSSR count). The second-order valence-corrected chi connectivity index (χ2v) is 4.64. The maximum Gasteiger partial charge on any atom is 0.257 e. The van der Waals surface area contributed by atoms with Crippen LogP contribution in [0.4, 0.5) is 0 Å². The molecule has 62 valence electrons. The molecule has 0 bridgehead atoms. The molecule has 2 nitrogen and oxygen atoms in total. The van der Waals surface area contributed by atoms with Crippen LogP contribution in [-0.2, 0) is 4.79 Å². The third-order valence-corrected chi connectivity index (χ3v) is 3.57. The summed E-state index contributed by atoms with van der Waals surface area (Å²) in [6, 6.07) is 0. The van der Waals surface area contributed by atoms with E-state index in [2.05, 4.69) is 4.99 Å². The second kappa shape index (κ2) is 5.06. The number of rotatable bonds is 3. The molecule has 0 atom stereocenters. The number of alkyl halides is 1. The van der Waals surface area contributed by atoms with E-state index < -0.39 is 0 Å². The molecule has 0 N–H and O–H groups in total. The maximum atomic E-state index is 10.6. The smallest absolute Gasteiger partial charge is 0.257 e. The Hall–Kier alpha value is 0.330. The first-order chi connectivity index (χ1) is 5.33. The van der Waals surface area contributed by atoms with Gasteiger partial charge in [-0.15, -0.1) is 11.6 Å². The summed E-state index contributed by atoms with van der Waals surface area (Å²) in [7, 11) is 0. The first-order valence-electron chi connectivity index (χ1n) is 3.26. The summed E-state index contributed by atoms with van der Waals surface area (Å²) in [4.78, 5) is 14.5. The zero-order valence-corrected chi connectivity index (χ0v) is 8.27. The van der Waals surface area contributed by atoms with Gasteiger partial charge in [-0.25, -0.2) is 0 Å². The molecule has 0 aromatic rings. The Morgan fingerprint density at radius 2 is 2.55 bits per heavy atom. The van der Waals surface area contributed by atoms with Crippen LogP contribution in [0.5, 0.6) is 0 Å². The molecule has 1 aliphatic heterocycles. The van der Waals surface area contributed by atoms with Gasteiger partial charge in [0.05, 0.1) is 5.75 Å². The quantitative estimate of drug-likeness (QED) is 0.526. The molecule has 0 aromatic carbocycles. The summed E-state index contributed by atoms with van der Waals surface area (Å²) in [5, 5.41) is 0. The van der Waals surface area contributed by atoms with Gasteiger partial charge in [0.25, 0.3) is 5.91 Å². The van der Waals surface area contributed by atoms with E-state index in [4.69, 9.17) is 11.6 Å². The molecule has 0 aromatic heterocycles. The Labute approximate surface area is 79.2 Å². The van der Waals surface area contributed by atoms with E-state index in [1.165, 1.54) is 11.8 Å². The van der Waals surface area contributed by atoms with E-state index in [1.807, 2.05) is 0 Å². The lowest BCUT2D eigenvalue weighted by Crippen LogP contribution is -1.86. The molecule has 0 saturated heterocycles. The number of thioether (sulfide) groups is 2. The van der Waals surface area contributed by atoms with Crippen LogP contribution < -0.4 is 0 Å². The fourth-order valence-electron chi connectivity index (χ4n) is 0.578. The molecule has 0 radical (unpaired) electrons. The van der Waals surface area contributed by atoms with Gasteiger partial charge in [-0.2, -0.15) is 4.99 Å². The molecular formula is C6H8ClNOS2. The molecule has 0 aliphatic carbocycles. The van der Waals surface area contributed by atoms with Crippen LogP contribution in [-0.4, -0.2) is 27.7 Å². The van der Waals surface area contributed by atoms with E-state index in [-0.39, 0.29) is 5.91 Å². The Balaban J connectivity index is 2.17. The molecule has 11 heavy (non-hydrogen) atoms. The van der Waals surface area contributed by atoms with Gasteiger partial charge < -0.3 is 0 Å². The summed E-state index contributed by atoms with van der Waals surface area (Å²) in [6.45, 7) is 0. The van der Waals surface area contributed by atoms with Gasteiger partial charge in [0.15, 0.2) is 0 Å². The molecule has 0 fully saturated rings. The van der Waals surface area contributed by atoms with Crippen molar-refractivity contribution in [3.8, 4) is 0 Å². The predicted molar refractivity (Wildman–Crippen MR) is 52.7 cm³/mol. The van der Waals surface area contributed by atoms with Crippen molar-refractivity contribution in [1.29, 1.82) is 0 Å². The van der Waals surface area contributed by atoms with Gasteiger partial charge in [0.2, 0.25) is 0 Å². The monoisotopic (exact) mass is 209 g/mol. The number of aliphatic imine (C=N–C) groups is 1. The molecule has 1 aliphatic rings. The van der Waals surface area contributed by atoms with Crippen molar-refractivity contribution >= 4 is 45.4 Å². The topological polar surface area (TPSA) is 29.4 Å². The summed E-state index contributed by atoms with van der Waals surface area (Å²) in [5.74, 6) is 2.15. The van der Waals surface area contributed by atoms with Crippen LogP contribution in [0, 0.1) is 0 Å². The first-order valence-corrected chi connectivity index (χ1v) is 5.76. The molecule has 0 saturated carbocycles. The fraction of sp³-hybridized carbons (Fsp3) is 0.667. The Bertz CT molecular complexity index is 183. The fourth-order valence-corrected chi connectivity index (χ4v) is 2.74. The average Bonchev–Trinajstić information content (AvgIpc) is 2.37. The number of carbonyl (C=O) groups excluding carboxylic acids is 1. The van der Waals surface area contributed by atoms with Crippen LogP contribution in [0.2, 0.25) is 0 Å². The van der Waals surface area contributed by atoms with Crippen molar-refractivity contribution in [2.75, 3.05) is 17.4 Å².